The zero-order valence-electron chi connectivity index (χ0n) is 7.28. The predicted molar refractivity (Wildman–Crippen MR) is 57.9 cm³/mol. The molecule has 0 bridgehead atoms. The topological polar surface area (TPSA) is 81.1 Å². The molecule has 0 fully saturated rings. The van der Waals surface area contributed by atoms with Gasteiger partial charge in [-0.3, -0.25) is 10.2 Å². The fourth-order valence-corrected chi connectivity index (χ4v) is 2.33. The van der Waals surface area contributed by atoms with Crippen molar-refractivity contribution in [2.24, 2.45) is 5.84 Å². The Bertz CT molecular complexity index is 492. The molecule has 0 aliphatic heterocycles. The van der Waals surface area contributed by atoms with E-state index < -0.39 is 0 Å². The average Bonchev–Trinajstić information content (AvgIpc) is 2.56. The van der Waals surface area contributed by atoms with E-state index in [0.717, 1.165) is 10.1 Å². The number of amides is 1. The van der Waals surface area contributed by atoms with Gasteiger partial charge in [0.2, 0.25) is 0 Å². The van der Waals surface area contributed by atoms with Crippen LogP contribution in [0.15, 0.2) is 24.3 Å². The lowest BCUT2D eigenvalue weighted by Gasteiger charge is -1.95. The van der Waals surface area contributed by atoms with Gasteiger partial charge in [0.25, 0.3) is 5.91 Å². The van der Waals surface area contributed by atoms with Gasteiger partial charge in [0.05, 0.1) is 5.69 Å². The first-order chi connectivity index (χ1) is 6.74. The Hall–Kier alpha value is -1.59. The van der Waals surface area contributed by atoms with Crippen LogP contribution in [0, 0.1) is 0 Å². The summed E-state index contributed by atoms with van der Waals surface area (Å²) in [4.78, 5) is 11.8. The quantitative estimate of drug-likeness (QED) is 0.372. The summed E-state index contributed by atoms with van der Waals surface area (Å²) < 4.78 is 0.989. The van der Waals surface area contributed by atoms with Gasteiger partial charge < -0.3 is 5.73 Å². The molecule has 0 aliphatic carbocycles. The predicted octanol–water partition coefficient (Wildman–Crippen LogP) is 1.09. The van der Waals surface area contributed by atoms with E-state index in [1.54, 1.807) is 0 Å². The highest BCUT2D eigenvalue weighted by atomic mass is 32.1. The van der Waals surface area contributed by atoms with E-state index in [1.165, 1.54) is 11.3 Å². The lowest BCUT2D eigenvalue weighted by molar-refractivity contribution is 0.0958. The summed E-state index contributed by atoms with van der Waals surface area (Å²) in [5, 5.41) is 0.899. The first-order valence-electron chi connectivity index (χ1n) is 4.02. The zero-order valence-corrected chi connectivity index (χ0v) is 8.10. The van der Waals surface area contributed by atoms with Gasteiger partial charge in [0, 0.05) is 10.1 Å². The first kappa shape index (κ1) is 8.98. The molecule has 0 atom stereocenters. The number of carbonyl (C=O) groups is 1. The second-order valence-electron chi connectivity index (χ2n) is 2.81. The molecule has 5 N–H and O–H groups in total. The molecule has 1 aromatic carbocycles. The minimum absolute atomic E-state index is 0.344. The highest BCUT2D eigenvalue weighted by Crippen LogP contribution is 2.32. The van der Waals surface area contributed by atoms with Crippen LogP contribution < -0.4 is 17.0 Å². The van der Waals surface area contributed by atoms with Crippen LogP contribution in [0.1, 0.15) is 9.67 Å². The molecule has 0 radical (unpaired) electrons. The molecule has 1 aromatic heterocycles. The van der Waals surface area contributed by atoms with E-state index in [0.29, 0.717) is 10.6 Å². The van der Waals surface area contributed by atoms with E-state index in [1.807, 2.05) is 24.3 Å². The number of nitrogens with one attached hydrogen (secondary N) is 1. The number of rotatable bonds is 1. The van der Waals surface area contributed by atoms with E-state index in [-0.39, 0.29) is 5.91 Å². The second kappa shape index (κ2) is 3.28. The lowest BCUT2D eigenvalue weighted by Crippen LogP contribution is -2.29. The molecule has 5 heteroatoms. The maximum Gasteiger partial charge on any atom is 0.277 e. The molecule has 0 saturated heterocycles. The van der Waals surface area contributed by atoms with E-state index in [2.05, 4.69) is 5.43 Å². The van der Waals surface area contributed by atoms with E-state index in [4.69, 9.17) is 11.6 Å². The van der Waals surface area contributed by atoms with Crippen LogP contribution in [0.25, 0.3) is 10.1 Å². The summed E-state index contributed by atoms with van der Waals surface area (Å²) in [6.07, 6.45) is 0. The standard InChI is InChI=1S/C9H9N3OS/c10-7-5-3-1-2-4-6(5)14-8(7)9(13)12-11/h1-4H,10-11H2,(H,12,13). The molecular formula is C9H9N3OS. The number of benzene rings is 1. The van der Waals surface area contributed by atoms with Crippen molar-refractivity contribution in [3.63, 3.8) is 0 Å². The van der Waals surface area contributed by atoms with Crippen LogP contribution in [0.2, 0.25) is 0 Å². The van der Waals surface area contributed by atoms with Gasteiger partial charge in [-0.1, -0.05) is 18.2 Å². The summed E-state index contributed by atoms with van der Waals surface area (Å²) in [6, 6.07) is 7.59. The Morgan fingerprint density at radius 2 is 2.07 bits per heavy atom. The van der Waals surface area contributed by atoms with Gasteiger partial charge in [0.1, 0.15) is 4.88 Å². The van der Waals surface area contributed by atoms with Crippen molar-refractivity contribution < 1.29 is 4.79 Å². The summed E-state index contributed by atoms with van der Waals surface area (Å²) in [5.74, 6) is 4.70. The largest absolute Gasteiger partial charge is 0.397 e. The van der Waals surface area contributed by atoms with Gasteiger partial charge >= 0.3 is 0 Å². The van der Waals surface area contributed by atoms with Crippen LogP contribution in [0.3, 0.4) is 0 Å². The van der Waals surface area contributed by atoms with E-state index in [9.17, 15) is 4.79 Å². The number of fused-ring (bicyclic) bond motifs is 1. The van der Waals surface area contributed by atoms with E-state index >= 15 is 0 Å². The van der Waals surface area contributed by atoms with Crippen molar-refractivity contribution >= 4 is 33.0 Å². The van der Waals surface area contributed by atoms with Crippen molar-refractivity contribution in [3.05, 3.63) is 29.1 Å². The molecule has 72 valence electrons. The molecule has 2 rings (SSSR count). The van der Waals surface area contributed by atoms with Crippen LogP contribution in [-0.2, 0) is 0 Å². The molecule has 0 unspecified atom stereocenters. The Morgan fingerprint density at radius 1 is 1.36 bits per heavy atom. The third-order valence-electron chi connectivity index (χ3n) is 1.97. The van der Waals surface area contributed by atoms with Crippen LogP contribution in [-0.4, -0.2) is 5.91 Å². The van der Waals surface area contributed by atoms with Crippen LogP contribution >= 0.6 is 11.3 Å². The molecule has 0 aliphatic rings. The first-order valence-corrected chi connectivity index (χ1v) is 4.83. The number of carbonyl (C=O) groups excluding carboxylic acids is 1. The molecule has 14 heavy (non-hydrogen) atoms. The zero-order chi connectivity index (χ0) is 10.1. The molecule has 0 saturated carbocycles. The van der Waals surface area contributed by atoms with Crippen molar-refractivity contribution in [1.29, 1.82) is 0 Å². The Labute approximate surface area is 84.5 Å². The Kier molecular flexibility index (Phi) is 2.11. The van der Waals surface area contributed by atoms with Gasteiger partial charge in [0.15, 0.2) is 0 Å². The smallest absolute Gasteiger partial charge is 0.277 e. The summed E-state index contributed by atoms with van der Waals surface area (Å²) in [5.41, 5.74) is 8.38. The third-order valence-corrected chi connectivity index (χ3v) is 3.16. The molecule has 1 heterocycles. The van der Waals surface area contributed by atoms with Crippen molar-refractivity contribution in [1.82, 2.24) is 5.43 Å². The maximum absolute atomic E-state index is 11.3. The van der Waals surface area contributed by atoms with Gasteiger partial charge in [-0.25, -0.2) is 5.84 Å². The number of nitrogens with two attached hydrogens (primary N) is 2. The monoisotopic (exact) mass is 207 g/mol. The number of nitrogen functional groups attached to an aromatic ring is 2. The number of anilines is 1. The number of hydrazine groups is 1. The van der Waals surface area contributed by atoms with Gasteiger partial charge in [-0.05, 0) is 6.07 Å². The highest BCUT2D eigenvalue weighted by Gasteiger charge is 2.14. The molecule has 1 amide bonds. The minimum Gasteiger partial charge on any atom is -0.397 e. The number of hydrogen-bond acceptors (Lipinski definition) is 4. The lowest BCUT2D eigenvalue weighted by atomic mass is 10.2. The molecule has 2 aromatic rings. The molecule has 0 spiro atoms. The van der Waals surface area contributed by atoms with Crippen LogP contribution in [0.5, 0.6) is 0 Å². The number of hydrogen-bond donors (Lipinski definition) is 3. The third kappa shape index (κ3) is 1.23. The van der Waals surface area contributed by atoms with Crippen molar-refractivity contribution in [3.8, 4) is 0 Å². The summed E-state index contributed by atoms with van der Waals surface area (Å²) >= 11 is 1.34. The second-order valence-corrected chi connectivity index (χ2v) is 3.87. The fourth-order valence-electron chi connectivity index (χ4n) is 1.30. The molecular weight excluding hydrogens is 198 g/mol. The number of thiophene rings is 1. The SMILES string of the molecule is NNC(=O)c1sc2ccccc2c1N. The van der Waals surface area contributed by atoms with Crippen molar-refractivity contribution in [2.75, 3.05) is 5.73 Å². The van der Waals surface area contributed by atoms with Gasteiger partial charge in [-0.2, -0.15) is 0 Å². The summed E-state index contributed by atoms with van der Waals surface area (Å²) in [6.45, 7) is 0. The van der Waals surface area contributed by atoms with Crippen molar-refractivity contribution in [2.45, 2.75) is 0 Å². The maximum atomic E-state index is 11.3. The Morgan fingerprint density at radius 3 is 2.71 bits per heavy atom. The fraction of sp³-hybridized carbons (Fsp3) is 0. The Balaban J connectivity index is 2.68. The normalized spacial score (nSPS) is 10.4. The summed E-state index contributed by atoms with van der Waals surface area (Å²) in [7, 11) is 0. The minimum atomic E-state index is -0.344. The average molecular weight is 207 g/mol. The molecule has 4 nitrogen and oxygen atoms in total. The highest BCUT2D eigenvalue weighted by molar-refractivity contribution is 7.21. The van der Waals surface area contributed by atoms with Crippen LogP contribution in [0.4, 0.5) is 5.69 Å². The van der Waals surface area contributed by atoms with Gasteiger partial charge in [-0.15, -0.1) is 11.3 Å².